The van der Waals surface area contributed by atoms with E-state index in [0.29, 0.717) is 16.8 Å². The first kappa shape index (κ1) is 13.0. The third kappa shape index (κ3) is 2.52. The molecule has 0 amide bonds. The van der Waals surface area contributed by atoms with Gasteiger partial charge in [-0.15, -0.1) is 0 Å². The lowest BCUT2D eigenvalue weighted by atomic mass is 10.1. The van der Waals surface area contributed by atoms with Gasteiger partial charge < -0.3 is 10.2 Å². The highest BCUT2D eigenvalue weighted by atomic mass is 16.4. The number of hydrogen-bond donors (Lipinski definition) is 1. The molecule has 1 aromatic heterocycles. The Bertz CT molecular complexity index is 928. The maximum Gasteiger partial charge on any atom is 0.352 e. The van der Waals surface area contributed by atoms with E-state index in [0.717, 1.165) is 16.5 Å². The standard InChI is InChI=1S/C18H13NO2/c1-12-15(9-7-13-5-3-2-4-6-13)18(20)21-17-10-8-14(19)11-16(12)17/h2-6,8,10-11H,19H2,1H3. The Hall–Kier alpha value is -2.99. The van der Waals surface area contributed by atoms with Crippen LogP contribution in [0.4, 0.5) is 5.69 Å². The van der Waals surface area contributed by atoms with Gasteiger partial charge in [0.15, 0.2) is 0 Å². The monoisotopic (exact) mass is 275 g/mol. The summed E-state index contributed by atoms with van der Waals surface area (Å²) in [5.41, 5.74) is 8.53. The molecule has 21 heavy (non-hydrogen) atoms. The summed E-state index contributed by atoms with van der Waals surface area (Å²) >= 11 is 0. The zero-order valence-electron chi connectivity index (χ0n) is 11.5. The highest BCUT2D eigenvalue weighted by Gasteiger charge is 2.09. The molecular formula is C18H13NO2. The van der Waals surface area contributed by atoms with Crippen LogP contribution >= 0.6 is 0 Å². The van der Waals surface area contributed by atoms with Crippen LogP contribution in [0.25, 0.3) is 11.0 Å². The molecule has 0 atom stereocenters. The first-order valence-corrected chi connectivity index (χ1v) is 6.55. The number of anilines is 1. The minimum atomic E-state index is -0.423. The predicted octanol–water partition coefficient (Wildman–Crippen LogP) is 3.08. The Labute approximate surface area is 122 Å². The summed E-state index contributed by atoms with van der Waals surface area (Å²) in [5, 5.41) is 0.812. The Balaban J connectivity index is 2.20. The van der Waals surface area contributed by atoms with Crippen LogP contribution in [0.3, 0.4) is 0 Å². The molecule has 0 saturated carbocycles. The lowest BCUT2D eigenvalue weighted by Crippen LogP contribution is -2.07. The second kappa shape index (κ2) is 5.18. The molecule has 0 unspecified atom stereocenters. The SMILES string of the molecule is Cc1c(C#Cc2ccccc2)c(=O)oc2ccc(N)cc12. The maximum absolute atomic E-state index is 12.1. The third-order valence-corrected chi connectivity index (χ3v) is 3.30. The fraction of sp³-hybridized carbons (Fsp3) is 0.0556. The summed E-state index contributed by atoms with van der Waals surface area (Å²) in [4.78, 5) is 12.1. The van der Waals surface area contributed by atoms with Crippen molar-refractivity contribution in [2.75, 3.05) is 5.73 Å². The van der Waals surface area contributed by atoms with Gasteiger partial charge in [-0.25, -0.2) is 4.79 Å². The van der Waals surface area contributed by atoms with Crippen molar-refractivity contribution >= 4 is 16.7 Å². The maximum atomic E-state index is 12.1. The van der Waals surface area contributed by atoms with E-state index in [-0.39, 0.29) is 0 Å². The molecule has 102 valence electrons. The van der Waals surface area contributed by atoms with E-state index in [9.17, 15) is 4.79 Å². The van der Waals surface area contributed by atoms with E-state index in [4.69, 9.17) is 10.2 Å². The van der Waals surface area contributed by atoms with Crippen molar-refractivity contribution in [3.63, 3.8) is 0 Å². The Morgan fingerprint density at radius 3 is 2.57 bits per heavy atom. The minimum Gasteiger partial charge on any atom is -0.422 e. The number of nitrogens with two attached hydrogens (primary N) is 1. The van der Waals surface area contributed by atoms with Crippen molar-refractivity contribution < 1.29 is 4.42 Å². The van der Waals surface area contributed by atoms with Gasteiger partial charge in [-0.2, -0.15) is 0 Å². The van der Waals surface area contributed by atoms with Gasteiger partial charge in [0.25, 0.3) is 0 Å². The Morgan fingerprint density at radius 1 is 1.05 bits per heavy atom. The van der Waals surface area contributed by atoms with Gasteiger partial charge in [-0.05, 0) is 42.8 Å². The number of hydrogen-bond acceptors (Lipinski definition) is 3. The molecule has 0 aliphatic rings. The molecule has 0 aliphatic heterocycles. The summed E-state index contributed by atoms with van der Waals surface area (Å²) in [7, 11) is 0. The van der Waals surface area contributed by atoms with Crippen LogP contribution in [-0.4, -0.2) is 0 Å². The quantitative estimate of drug-likeness (QED) is 0.389. The lowest BCUT2D eigenvalue weighted by molar-refractivity contribution is 0.557. The molecular weight excluding hydrogens is 262 g/mol. The summed E-state index contributed by atoms with van der Waals surface area (Å²) in [6.07, 6.45) is 0. The Morgan fingerprint density at radius 2 is 1.81 bits per heavy atom. The predicted molar refractivity (Wildman–Crippen MR) is 84.1 cm³/mol. The van der Waals surface area contributed by atoms with Crippen molar-refractivity contribution in [1.82, 2.24) is 0 Å². The van der Waals surface area contributed by atoms with Crippen LogP contribution in [-0.2, 0) is 0 Å². The topological polar surface area (TPSA) is 56.2 Å². The zero-order valence-corrected chi connectivity index (χ0v) is 11.5. The zero-order chi connectivity index (χ0) is 14.8. The molecule has 3 rings (SSSR count). The van der Waals surface area contributed by atoms with Crippen LogP contribution in [0.2, 0.25) is 0 Å². The first-order chi connectivity index (χ1) is 10.1. The number of fused-ring (bicyclic) bond motifs is 1. The average Bonchev–Trinajstić information content (AvgIpc) is 2.49. The molecule has 3 nitrogen and oxygen atoms in total. The van der Waals surface area contributed by atoms with Crippen molar-refractivity contribution in [3.05, 3.63) is 75.6 Å². The second-order valence-electron chi connectivity index (χ2n) is 4.76. The summed E-state index contributed by atoms with van der Waals surface area (Å²) < 4.78 is 5.30. The highest BCUT2D eigenvalue weighted by Crippen LogP contribution is 2.21. The van der Waals surface area contributed by atoms with Crippen LogP contribution in [0, 0.1) is 18.8 Å². The van der Waals surface area contributed by atoms with Gasteiger partial charge in [0.1, 0.15) is 11.1 Å². The molecule has 3 aromatic rings. The normalized spacial score (nSPS) is 10.1. The molecule has 0 radical (unpaired) electrons. The van der Waals surface area contributed by atoms with Crippen LogP contribution in [0.15, 0.2) is 57.7 Å². The van der Waals surface area contributed by atoms with Gasteiger partial charge in [0.05, 0.1) is 0 Å². The van der Waals surface area contributed by atoms with Crippen molar-refractivity contribution in [2.45, 2.75) is 6.92 Å². The molecule has 0 spiro atoms. The van der Waals surface area contributed by atoms with Gasteiger partial charge in [-0.1, -0.05) is 30.0 Å². The largest absolute Gasteiger partial charge is 0.422 e. The van der Waals surface area contributed by atoms with E-state index in [1.54, 1.807) is 18.2 Å². The van der Waals surface area contributed by atoms with E-state index >= 15 is 0 Å². The molecule has 0 fully saturated rings. The number of aryl methyl sites for hydroxylation is 1. The smallest absolute Gasteiger partial charge is 0.352 e. The second-order valence-corrected chi connectivity index (χ2v) is 4.76. The summed E-state index contributed by atoms with van der Waals surface area (Å²) in [6.45, 7) is 1.85. The molecule has 3 heteroatoms. The number of benzene rings is 2. The number of nitrogen functional groups attached to an aromatic ring is 1. The Kier molecular flexibility index (Phi) is 3.21. The van der Waals surface area contributed by atoms with Gasteiger partial charge in [0, 0.05) is 16.6 Å². The molecule has 0 saturated heterocycles. The minimum absolute atomic E-state index is 0.372. The van der Waals surface area contributed by atoms with Crippen LogP contribution in [0.1, 0.15) is 16.7 Å². The summed E-state index contributed by atoms with van der Waals surface area (Å²) in [6, 6.07) is 14.7. The van der Waals surface area contributed by atoms with E-state index in [1.165, 1.54) is 0 Å². The molecule has 2 aromatic carbocycles. The van der Waals surface area contributed by atoms with Crippen LogP contribution in [0.5, 0.6) is 0 Å². The first-order valence-electron chi connectivity index (χ1n) is 6.55. The van der Waals surface area contributed by atoms with Crippen molar-refractivity contribution in [3.8, 4) is 11.8 Å². The van der Waals surface area contributed by atoms with Gasteiger partial charge in [0.2, 0.25) is 0 Å². The fourth-order valence-corrected chi connectivity index (χ4v) is 2.17. The molecule has 1 heterocycles. The van der Waals surface area contributed by atoms with Crippen molar-refractivity contribution in [2.24, 2.45) is 0 Å². The fourth-order valence-electron chi connectivity index (χ4n) is 2.17. The summed E-state index contributed by atoms with van der Waals surface area (Å²) in [5.74, 6) is 5.89. The molecule has 0 aliphatic carbocycles. The van der Waals surface area contributed by atoms with E-state index in [2.05, 4.69) is 11.8 Å². The highest BCUT2D eigenvalue weighted by molar-refractivity contribution is 5.84. The molecule has 0 bridgehead atoms. The van der Waals surface area contributed by atoms with Gasteiger partial charge in [-0.3, -0.25) is 0 Å². The number of rotatable bonds is 0. The third-order valence-electron chi connectivity index (χ3n) is 3.30. The van der Waals surface area contributed by atoms with Crippen LogP contribution < -0.4 is 11.4 Å². The van der Waals surface area contributed by atoms with E-state index in [1.807, 2.05) is 37.3 Å². The van der Waals surface area contributed by atoms with E-state index < -0.39 is 5.63 Å². The average molecular weight is 275 g/mol. The lowest BCUT2D eigenvalue weighted by Gasteiger charge is -2.03. The molecule has 2 N–H and O–H groups in total. The van der Waals surface area contributed by atoms with Crippen molar-refractivity contribution in [1.29, 1.82) is 0 Å². The van der Waals surface area contributed by atoms with Gasteiger partial charge >= 0.3 is 5.63 Å².